The molecule has 6 heteroatoms. The van der Waals surface area contributed by atoms with Gasteiger partial charge in [0.2, 0.25) is 0 Å². The normalized spacial score (nSPS) is 13.8. The van der Waals surface area contributed by atoms with E-state index in [0.29, 0.717) is 22.4 Å². The second-order valence-electron chi connectivity index (χ2n) is 8.32. The van der Waals surface area contributed by atoms with Crippen LogP contribution in [0, 0.1) is 32.8 Å². The van der Waals surface area contributed by atoms with E-state index in [-0.39, 0.29) is 31.2 Å². The Morgan fingerprint density at radius 3 is 2.58 bits per heavy atom. The molecule has 189 valence electrons. The van der Waals surface area contributed by atoms with Crippen LogP contribution >= 0.6 is 11.3 Å². The van der Waals surface area contributed by atoms with Crippen molar-refractivity contribution in [3.63, 3.8) is 0 Å². The molecule has 0 aliphatic rings. The zero-order valence-corrected chi connectivity index (χ0v) is 23.3. The third kappa shape index (κ3) is 4.91. The third-order valence-electron chi connectivity index (χ3n) is 5.87. The summed E-state index contributed by atoms with van der Waals surface area (Å²) >= 11 is 1.58. The van der Waals surface area contributed by atoms with Crippen LogP contribution in [0.15, 0.2) is 89.6 Å². The molecule has 3 aromatic carbocycles. The van der Waals surface area contributed by atoms with E-state index in [0.717, 1.165) is 43.5 Å². The number of nitrogens with zero attached hydrogens (tertiary/aromatic N) is 3. The van der Waals surface area contributed by atoms with E-state index in [1.54, 1.807) is 23.6 Å². The summed E-state index contributed by atoms with van der Waals surface area (Å²) in [6.07, 6.45) is 2.90. The quantitative estimate of drug-likeness (QED) is 0.170. The maximum Gasteiger partial charge on any atom is 0.122 e. The van der Waals surface area contributed by atoms with Crippen LogP contribution in [0.25, 0.3) is 54.7 Å². The largest absolute Gasteiger partial charge is 0.501 e. The minimum absolute atomic E-state index is 0. The first-order valence-corrected chi connectivity index (χ1v) is 12.3. The summed E-state index contributed by atoms with van der Waals surface area (Å²) in [6, 6.07) is 28.6. The van der Waals surface area contributed by atoms with E-state index in [2.05, 4.69) is 27.1 Å². The third-order valence-corrected chi connectivity index (χ3v) is 6.87. The SMILES string of the molecule is [2H]C([2H])([2H])c1cnc(-c2[c-]ccc3c2oc2ccc4nc(C)sc4c23)cc1C([2H])([2H])[2H].[Ir].[c-]1ccccc1-c1ccccn1. The van der Waals surface area contributed by atoms with Gasteiger partial charge >= 0.3 is 0 Å². The molecule has 7 aromatic rings. The van der Waals surface area contributed by atoms with Gasteiger partial charge in [0.15, 0.2) is 0 Å². The Morgan fingerprint density at radius 2 is 1.79 bits per heavy atom. The molecule has 7 rings (SSSR count). The van der Waals surface area contributed by atoms with Crippen molar-refractivity contribution in [2.75, 3.05) is 0 Å². The molecule has 4 nitrogen and oxygen atoms in total. The van der Waals surface area contributed by atoms with E-state index < -0.39 is 13.7 Å². The molecule has 0 aliphatic carbocycles. The Bertz CT molecular complexity index is 2040. The maximum atomic E-state index is 7.81. The molecular formula is C32H23IrN3OS-2. The van der Waals surface area contributed by atoms with E-state index >= 15 is 0 Å². The van der Waals surface area contributed by atoms with Crippen molar-refractivity contribution < 1.29 is 32.7 Å². The van der Waals surface area contributed by atoms with Gasteiger partial charge in [-0.25, -0.2) is 4.98 Å². The molecule has 0 amide bonds. The monoisotopic (exact) mass is 696 g/mol. The summed E-state index contributed by atoms with van der Waals surface area (Å²) in [5, 5.41) is 2.72. The summed E-state index contributed by atoms with van der Waals surface area (Å²) in [4.78, 5) is 13.0. The van der Waals surface area contributed by atoms with Gasteiger partial charge < -0.3 is 14.4 Å². The number of hydrogen-bond acceptors (Lipinski definition) is 5. The molecule has 0 saturated heterocycles. The summed E-state index contributed by atoms with van der Waals surface area (Å²) in [7, 11) is 0. The molecule has 0 N–H and O–H groups in total. The summed E-state index contributed by atoms with van der Waals surface area (Å²) < 4.78 is 53.6. The van der Waals surface area contributed by atoms with Crippen molar-refractivity contribution in [1.29, 1.82) is 0 Å². The van der Waals surface area contributed by atoms with Crippen molar-refractivity contribution in [3.8, 4) is 22.5 Å². The number of thiazole rings is 1. The molecule has 1 radical (unpaired) electrons. The minimum atomic E-state index is -2.60. The second-order valence-corrected chi connectivity index (χ2v) is 9.53. The molecule has 0 spiro atoms. The zero-order chi connectivity index (χ0) is 30.4. The topological polar surface area (TPSA) is 51.8 Å². The fraction of sp³-hybridized carbons (Fsp3) is 0.0938. The number of hydrogen-bond donors (Lipinski definition) is 0. The number of pyridine rings is 2. The van der Waals surface area contributed by atoms with Crippen LogP contribution in [0.5, 0.6) is 0 Å². The fourth-order valence-corrected chi connectivity index (χ4v) is 5.15. The molecule has 0 unspecified atom stereocenters. The molecule has 0 atom stereocenters. The van der Waals surface area contributed by atoms with Crippen LogP contribution in [-0.4, -0.2) is 15.0 Å². The van der Waals surface area contributed by atoms with Crippen LogP contribution in [0.3, 0.4) is 0 Å². The standard InChI is InChI=1S/C21H15N2OS.C11H8N.Ir/c1-11-9-17(22-10-12(11)2)14-5-4-6-15-19-18(24-20(14)15)8-7-16-21(19)25-13(3)23-16;1-2-6-10(7-3-1)11-8-4-5-9-12-11;/h4,6-10H,1-3H3;1-6,8-9H;/q2*-1;/i1D3,2D3;;. The predicted octanol–water partition coefficient (Wildman–Crippen LogP) is 8.53. The Labute approximate surface area is 247 Å². The van der Waals surface area contributed by atoms with Crippen molar-refractivity contribution >= 4 is 43.5 Å². The van der Waals surface area contributed by atoms with E-state index in [1.165, 1.54) is 6.07 Å². The van der Waals surface area contributed by atoms with Crippen molar-refractivity contribution in [2.24, 2.45) is 0 Å². The van der Waals surface area contributed by atoms with Crippen LogP contribution < -0.4 is 0 Å². The van der Waals surface area contributed by atoms with Gasteiger partial charge in [-0.2, -0.15) is 0 Å². The Morgan fingerprint density at radius 1 is 0.895 bits per heavy atom. The first-order chi connectivity index (χ1) is 20.5. The van der Waals surface area contributed by atoms with E-state index in [1.807, 2.05) is 67.6 Å². The first-order valence-electron chi connectivity index (χ1n) is 14.5. The van der Waals surface area contributed by atoms with Gasteiger partial charge in [-0.05, 0) is 55.8 Å². The van der Waals surface area contributed by atoms with Crippen LogP contribution in [0.2, 0.25) is 0 Å². The summed E-state index contributed by atoms with van der Waals surface area (Å²) in [6.45, 7) is -3.24. The van der Waals surface area contributed by atoms with Gasteiger partial charge in [-0.1, -0.05) is 34.7 Å². The van der Waals surface area contributed by atoms with Crippen LogP contribution in [0.4, 0.5) is 0 Å². The van der Waals surface area contributed by atoms with Gasteiger partial charge in [0.1, 0.15) is 5.58 Å². The minimum Gasteiger partial charge on any atom is -0.501 e. The number of rotatable bonds is 2. The van der Waals surface area contributed by atoms with Crippen LogP contribution in [0.1, 0.15) is 24.4 Å². The van der Waals surface area contributed by atoms with E-state index in [9.17, 15) is 0 Å². The molecule has 4 aromatic heterocycles. The number of benzene rings is 3. The fourth-order valence-electron chi connectivity index (χ4n) is 4.18. The number of furan rings is 1. The smallest absolute Gasteiger partial charge is 0.122 e. The molecule has 4 heterocycles. The molecule has 38 heavy (non-hydrogen) atoms. The van der Waals surface area contributed by atoms with Crippen molar-refractivity contribution in [2.45, 2.75) is 20.6 Å². The zero-order valence-electron chi connectivity index (χ0n) is 26.1. The van der Waals surface area contributed by atoms with Gasteiger partial charge in [0.25, 0.3) is 0 Å². The summed E-state index contributed by atoms with van der Waals surface area (Å²) in [5.41, 5.74) is 4.33. The van der Waals surface area contributed by atoms with Gasteiger partial charge in [-0.3, -0.25) is 0 Å². The molecule has 0 saturated carbocycles. The van der Waals surface area contributed by atoms with Gasteiger partial charge in [-0.15, -0.1) is 65.4 Å². The Kier molecular flexibility index (Phi) is 5.59. The van der Waals surface area contributed by atoms with Crippen molar-refractivity contribution in [3.05, 3.63) is 113 Å². The van der Waals surface area contributed by atoms with Gasteiger partial charge in [0, 0.05) is 46.1 Å². The maximum absolute atomic E-state index is 7.81. The Hall–Kier alpha value is -3.70. The number of aromatic nitrogens is 3. The first kappa shape index (κ1) is 19.4. The number of fused-ring (bicyclic) bond motifs is 5. The van der Waals surface area contributed by atoms with Gasteiger partial charge in [0.05, 0.1) is 20.8 Å². The predicted molar refractivity (Wildman–Crippen MR) is 152 cm³/mol. The Balaban J connectivity index is 0.000000248. The molecule has 0 fully saturated rings. The molecular weight excluding hydrogens is 667 g/mol. The average molecular weight is 696 g/mol. The molecule has 0 bridgehead atoms. The van der Waals surface area contributed by atoms with E-state index in [4.69, 9.17) is 12.6 Å². The second kappa shape index (κ2) is 11.0. The average Bonchev–Trinajstić information content (AvgIpc) is 3.56. The molecule has 0 aliphatic heterocycles. The van der Waals surface area contributed by atoms with Crippen molar-refractivity contribution in [1.82, 2.24) is 15.0 Å². The van der Waals surface area contributed by atoms with Crippen LogP contribution in [-0.2, 0) is 20.1 Å². The summed E-state index contributed by atoms with van der Waals surface area (Å²) in [5.74, 6) is 0. The number of aryl methyl sites for hydroxylation is 3.